The molecule has 0 bridgehead atoms. The molecule has 2 aliphatic heterocycles. The van der Waals surface area contributed by atoms with E-state index in [2.05, 4.69) is 0 Å². The van der Waals surface area contributed by atoms with Crippen molar-refractivity contribution in [2.45, 2.75) is 25.2 Å². The van der Waals surface area contributed by atoms with Gasteiger partial charge in [-0.3, -0.25) is 9.59 Å². The van der Waals surface area contributed by atoms with Gasteiger partial charge >= 0.3 is 5.97 Å². The molecule has 1 amide bonds. The number of nitrogens with zero attached hydrogens (tertiary/aromatic N) is 1. The molecule has 0 aliphatic carbocycles. The number of likely N-dealkylation sites (tertiary alicyclic amines) is 1. The van der Waals surface area contributed by atoms with Crippen LogP contribution in [0.3, 0.4) is 0 Å². The normalized spacial score (nSPS) is 18.1. The number of carbonyl (C=O) groups is 2. The standard InChI is InChI=1S/C16H19NO5/c18-15(17-5-1-2-6-17)10-12(16(19)20)11-3-4-13-14(9-11)22-8-7-21-13/h3-4,9,12H,1-2,5-8,10H2,(H,19,20). The van der Waals surface area contributed by atoms with Gasteiger partial charge in [0.2, 0.25) is 5.91 Å². The Bertz CT molecular complexity index is 580. The van der Waals surface area contributed by atoms with E-state index in [1.807, 2.05) is 0 Å². The molecule has 118 valence electrons. The number of ether oxygens (including phenoxy) is 2. The number of hydrogen-bond acceptors (Lipinski definition) is 4. The number of aliphatic carboxylic acids is 1. The van der Waals surface area contributed by atoms with Gasteiger partial charge in [0.25, 0.3) is 0 Å². The predicted molar refractivity (Wildman–Crippen MR) is 78.2 cm³/mol. The fraction of sp³-hybridized carbons (Fsp3) is 0.500. The highest BCUT2D eigenvalue weighted by atomic mass is 16.6. The predicted octanol–water partition coefficient (Wildman–Crippen LogP) is 1.64. The van der Waals surface area contributed by atoms with E-state index in [0.717, 1.165) is 25.9 Å². The lowest BCUT2D eigenvalue weighted by atomic mass is 9.94. The first-order valence-corrected chi connectivity index (χ1v) is 7.55. The van der Waals surface area contributed by atoms with Crippen LogP contribution < -0.4 is 9.47 Å². The second-order valence-corrected chi connectivity index (χ2v) is 5.59. The number of benzene rings is 1. The molecule has 0 saturated carbocycles. The van der Waals surface area contributed by atoms with E-state index in [1.165, 1.54) is 0 Å². The van der Waals surface area contributed by atoms with Gasteiger partial charge in [-0.1, -0.05) is 6.07 Å². The van der Waals surface area contributed by atoms with Crippen LogP contribution >= 0.6 is 0 Å². The largest absolute Gasteiger partial charge is 0.486 e. The second kappa shape index (κ2) is 6.25. The Balaban J connectivity index is 1.78. The molecule has 1 aromatic carbocycles. The van der Waals surface area contributed by atoms with Gasteiger partial charge in [-0.05, 0) is 30.5 Å². The number of carboxylic acid groups (broad SMARTS) is 1. The summed E-state index contributed by atoms with van der Waals surface area (Å²) in [5.41, 5.74) is 0.573. The summed E-state index contributed by atoms with van der Waals surface area (Å²) in [5.74, 6) is -0.790. The van der Waals surface area contributed by atoms with Gasteiger partial charge in [-0.15, -0.1) is 0 Å². The maximum absolute atomic E-state index is 12.2. The molecule has 1 unspecified atom stereocenters. The first-order chi connectivity index (χ1) is 10.6. The third-order valence-electron chi connectivity index (χ3n) is 4.10. The van der Waals surface area contributed by atoms with Gasteiger partial charge in [0.05, 0.1) is 5.92 Å². The van der Waals surface area contributed by atoms with E-state index in [1.54, 1.807) is 23.1 Å². The van der Waals surface area contributed by atoms with Crippen molar-refractivity contribution in [2.75, 3.05) is 26.3 Å². The van der Waals surface area contributed by atoms with Crippen LogP contribution in [0.25, 0.3) is 0 Å². The number of carboxylic acids is 1. The summed E-state index contributed by atoms with van der Waals surface area (Å²) in [7, 11) is 0. The molecular formula is C16H19NO5. The molecule has 2 heterocycles. The zero-order chi connectivity index (χ0) is 15.5. The Labute approximate surface area is 128 Å². The van der Waals surface area contributed by atoms with Crippen LogP contribution in [0.5, 0.6) is 11.5 Å². The number of hydrogen-bond donors (Lipinski definition) is 1. The summed E-state index contributed by atoms with van der Waals surface area (Å²) < 4.78 is 10.9. The molecule has 1 N–H and O–H groups in total. The SMILES string of the molecule is O=C(O)C(CC(=O)N1CCCC1)c1ccc2c(c1)OCCO2. The molecule has 22 heavy (non-hydrogen) atoms. The molecule has 2 aliphatic rings. The van der Waals surface area contributed by atoms with Crippen LogP contribution in [0.4, 0.5) is 0 Å². The van der Waals surface area contributed by atoms with E-state index in [9.17, 15) is 14.7 Å². The van der Waals surface area contributed by atoms with Gasteiger partial charge in [0.15, 0.2) is 11.5 Å². The van der Waals surface area contributed by atoms with Gasteiger partial charge in [-0.2, -0.15) is 0 Å². The van der Waals surface area contributed by atoms with Crippen molar-refractivity contribution in [2.24, 2.45) is 0 Å². The molecule has 0 radical (unpaired) electrons. The first-order valence-electron chi connectivity index (χ1n) is 7.55. The second-order valence-electron chi connectivity index (χ2n) is 5.59. The molecule has 1 aromatic rings. The first kappa shape index (κ1) is 14.7. The minimum absolute atomic E-state index is 0.0189. The summed E-state index contributed by atoms with van der Waals surface area (Å²) in [5, 5.41) is 9.48. The van der Waals surface area contributed by atoms with E-state index in [4.69, 9.17) is 9.47 Å². The van der Waals surface area contributed by atoms with Crippen molar-refractivity contribution in [3.63, 3.8) is 0 Å². The Morgan fingerprint density at radius 3 is 2.50 bits per heavy atom. The highest BCUT2D eigenvalue weighted by molar-refractivity contribution is 5.86. The van der Waals surface area contributed by atoms with Crippen LogP contribution in [-0.4, -0.2) is 48.2 Å². The average molecular weight is 305 g/mol. The van der Waals surface area contributed by atoms with Crippen molar-refractivity contribution in [1.29, 1.82) is 0 Å². The molecular weight excluding hydrogens is 286 g/mol. The van der Waals surface area contributed by atoms with E-state index in [-0.39, 0.29) is 12.3 Å². The molecule has 1 atom stereocenters. The van der Waals surface area contributed by atoms with E-state index >= 15 is 0 Å². The summed E-state index contributed by atoms with van der Waals surface area (Å²) in [4.78, 5) is 25.5. The van der Waals surface area contributed by atoms with Crippen molar-refractivity contribution in [1.82, 2.24) is 4.90 Å². The number of fused-ring (bicyclic) bond motifs is 1. The molecule has 0 aromatic heterocycles. The third kappa shape index (κ3) is 3.00. The van der Waals surface area contributed by atoms with Gasteiger partial charge in [0, 0.05) is 19.5 Å². The summed E-state index contributed by atoms with van der Waals surface area (Å²) in [6.07, 6.45) is 1.97. The Morgan fingerprint density at radius 2 is 1.82 bits per heavy atom. The minimum atomic E-state index is -0.996. The Morgan fingerprint density at radius 1 is 1.14 bits per heavy atom. The lowest BCUT2D eigenvalue weighted by Crippen LogP contribution is -2.30. The van der Waals surface area contributed by atoms with E-state index < -0.39 is 11.9 Å². The molecule has 0 spiro atoms. The molecule has 6 nitrogen and oxygen atoms in total. The highest BCUT2D eigenvalue weighted by Crippen LogP contribution is 2.34. The summed E-state index contributed by atoms with van der Waals surface area (Å²) in [6.45, 7) is 2.39. The zero-order valence-electron chi connectivity index (χ0n) is 12.3. The van der Waals surface area contributed by atoms with Crippen molar-refractivity contribution in [3.05, 3.63) is 23.8 Å². The monoisotopic (exact) mass is 305 g/mol. The maximum Gasteiger partial charge on any atom is 0.311 e. The lowest BCUT2D eigenvalue weighted by Gasteiger charge is -2.22. The minimum Gasteiger partial charge on any atom is -0.486 e. The fourth-order valence-electron chi connectivity index (χ4n) is 2.89. The lowest BCUT2D eigenvalue weighted by molar-refractivity contribution is -0.142. The fourth-order valence-corrected chi connectivity index (χ4v) is 2.89. The number of amides is 1. The van der Waals surface area contributed by atoms with Crippen LogP contribution in [0.15, 0.2) is 18.2 Å². The van der Waals surface area contributed by atoms with Crippen LogP contribution in [0.1, 0.15) is 30.7 Å². The van der Waals surface area contributed by atoms with Gasteiger partial charge in [-0.25, -0.2) is 0 Å². The molecule has 3 rings (SSSR count). The quantitative estimate of drug-likeness (QED) is 0.915. The molecule has 1 fully saturated rings. The Hall–Kier alpha value is -2.24. The van der Waals surface area contributed by atoms with Crippen molar-refractivity contribution < 1.29 is 24.2 Å². The maximum atomic E-state index is 12.2. The summed E-state index contributed by atoms with van der Waals surface area (Å²) in [6, 6.07) is 5.08. The molecule has 1 saturated heterocycles. The van der Waals surface area contributed by atoms with E-state index in [0.29, 0.717) is 30.3 Å². The topological polar surface area (TPSA) is 76.1 Å². The third-order valence-corrected chi connectivity index (χ3v) is 4.10. The highest BCUT2D eigenvalue weighted by Gasteiger charge is 2.28. The zero-order valence-corrected chi connectivity index (χ0v) is 12.3. The smallest absolute Gasteiger partial charge is 0.311 e. The molecule has 6 heteroatoms. The van der Waals surface area contributed by atoms with Crippen LogP contribution in [0.2, 0.25) is 0 Å². The summed E-state index contributed by atoms with van der Waals surface area (Å²) >= 11 is 0. The van der Waals surface area contributed by atoms with Crippen molar-refractivity contribution >= 4 is 11.9 Å². The number of carbonyl (C=O) groups excluding carboxylic acids is 1. The Kier molecular flexibility index (Phi) is 4.18. The van der Waals surface area contributed by atoms with Crippen LogP contribution in [-0.2, 0) is 9.59 Å². The van der Waals surface area contributed by atoms with Crippen molar-refractivity contribution in [3.8, 4) is 11.5 Å². The average Bonchev–Trinajstić information content (AvgIpc) is 3.06. The van der Waals surface area contributed by atoms with Gasteiger partial charge in [0.1, 0.15) is 13.2 Å². The van der Waals surface area contributed by atoms with Crippen LogP contribution in [0, 0.1) is 0 Å². The number of rotatable bonds is 4. The van der Waals surface area contributed by atoms with Gasteiger partial charge < -0.3 is 19.5 Å².